The quantitative estimate of drug-likeness (QED) is 0.464. The maximum atomic E-state index is 10.5. The fourth-order valence-electron chi connectivity index (χ4n) is 0.945. The Labute approximate surface area is 87.9 Å². The van der Waals surface area contributed by atoms with Crippen molar-refractivity contribution in [2.75, 3.05) is 5.88 Å². The lowest BCUT2D eigenvalue weighted by atomic mass is 10.2. The van der Waals surface area contributed by atoms with Crippen LogP contribution in [0.2, 0.25) is 5.02 Å². The third-order valence-corrected chi connectivity index (χ3v) is 2.24. The first-order valence-electron chi connectivity index (χ1n) is 3.81. The van der Waals surface area contributed by atoms with Crippen molar-refractivity contribution in [3.05, 3.63) is 34.9 Å². The summed E-state index contributed by atoms with van der Waals surface area (Å²) in [6.45, 7) is 0.574. The van der Waals surface area contributed by atoms with Crippen molar-refractivity contribution in [3.8, 4) is 0 Å². The Morgan fingerprint density at radius 1 is 1.38 bits per heavy atom. The lowest BCUT2D eigenvalue weighted by molar-refractivity contribution is -0.117. The van der Waals surface area contributed by atoms with E-state index >= 15 is 0 Å². The Balaban J connectivity index is 2.63. The summed E-state index contributed by atoms with van der Waals surface area (Å²) in [5.74, 6) is 0.423. The van der Waals surface area contributed by atoms with Gasteiger partial charge in [0.25, 0.3) is 0 Å². The highest BCUT2D eigenvalue weighted by Gasteiger charge is 1.99. The van der Waals surface area contributed by atoms with Crippen LogP contribution in [0.25, 0.3) is 0 Å². The summed E-state index contributed by atoms with van der Waals surface area (Å²) in [5.41, 5.74) is 1.05. The van der Waals surface area contributed by atoms with Gasteiger partial charge in [-0.15, -0.1) is 0 Å². The topological polar surface area (TPSA) is 20.3 Å². The molecule has 0 saturated carbocycles. The molecular weight excluding hydrogens is 206 g/mol. The lowest BCUT2D eigenvalue weighted by Crippen LogP contribution is -2.19. The zero-order valence-electron chi connectivity index (χ0n) is 6.98. The van der Waals surface area contributed by atoms with Gasteiger partial charge in [0, 0.05) is 11.6 Å². The van der Waals surface area contributed by atoms with Gasteiger partial charge in [0.1, 0.15) is 0 Å². The molecule has 0 aliphatic carbocycles. The largest absolute Gasteiger partial charge is 0.332 e. The summed E-state index contributed by atoms with van der Waals surface area (Å²) in [5, 5.41) is 0.701. The van der Waals surface area contributed by atoms with E-state index in [0.717, 1.165) is 12.0 Å². The third kappa shape index (κ3) is 3.28. The molecule has 1 rings (SSSR count). The third-order valence-electron chi connectivity index (χ3n) is 1.63. The number of carbonyl (C=O) groups excluding carboxylic acids is 1. The zero-order chi connectivity index (χ0) is 9.68. The van der Waals surface area contributed by atoms with Crippen molar-refractivity contribution in [2.24, 2.45) is 0 Å². The monoisotopic (exact) mass is 215 g/mol. The summed E-state index contributed by atoms with van der Waals surface area (Å²) >= 11 is 9.73. The van der Waals surface area contributed by atoms with Crippen LogP contribution in [0.4, 0.5) is 0 Å². The van der Waals surface area contributed by atoms with Crippen molar-refractivity contribution < 1.29 is 4.79 Å². The van der Waals surface area contributed by atoms with Crippen molar-refractivity contribution in [3.63, 3.8) is 0 Å². The van der Waals surface area contributed by atoms with E-state index in [1.807, 2.05) is 12.1 Å². The molecule has 70 valence electrons. The smallest absolute Gasteiger partial charge is 0.210 e. The van der Waals surface area contributed by atoms with Crippen molar-refractivity contribution in [1.29, 1.82) is 0 Å². The van der Waals surface area contributed by atoms with E-state index in [9.17, 15) is 4.79 Å². The number of carbonyl (C=O) groups is 1. The van der Waals surface area contributed by atoms with Crippen LogP contribution in [0.5, 0.6) is 0 Å². The van der Waals surface area contributed by atoms with E-state index in [0.29, 0.717) is 17.4 Å². The summed E-state index contributed by atoms with van der Waals surface area (Å²) in [6, 6.07) is 7.39. The average Bonchev–Trinajstić information content (AvgIpc) is 2.17. The molecule has 1 aromatic rings. The second kappa shape index (κ2) is 5.14. The summed E-state index contributed by atoms with van der Waals surface area (Å²) in [4.78, 5) is 12.0. The number of hydrogen-bond donors (Lipinski definition) is 1. The van der Waals surface area contributed by atoms with Gasteiger partial charge in [-0.1, -0.05) is 23.7 Å². The van der Waals surface area contributed by atoms with E-state index in [1.165, 1.54) is 0 Å². The minimum Gasteiger partial charge on any atom is -0.332 e. The van der Waals surface area contributed by atoms with Crippen LogP contribution in [-0.4, -0.2) is 17.2 Å². The summed E-state index contributed by atoms with van der Waals surface area (Å²) in [7, 11) is 0. The standard InChI is InChI=1S/C9H10ClNOS/c10-9-3-1-8(2-4-9)5-11(6-12)7-13/h1-4,6,13H,5,7H2. The molecule has 0 N–H and O–H groups in total. The molecule has 0 aliphatic rings. The number of amides is 1. The summed E-state index contributed by atoms with van der Waals surface area (Å²) < 4.78 is 0. The van der Waals surface area contributed by atoms with Gasteiger partial charge in [-0.05, 0) is 17.7 Å². The van der Waals surface area contributed by atoms with Gasteiger partial charge in [-0.25, -0.2) is 0 Å². The normalized spacial score (nSPS) is 9.69. The fourth-order valence-corrected chi connectivity index (χ4v) is 1.24. The SMILES string of the molecule is O=CN(CS)Cc1ccc(Cl)cc1. The van der Waals surface area contributed by atoms with Gasteiger partial charge in [-0.2, -0.15) is 12.6 Å². The van der Waals surface area contributed by atoms with E-state index in [-0.39, 0.29) is 0 Å². The average molecular weight is 216 g/mol. The molecule has 0 saturated heterocycles. The number of thiol groups is 1. The second-order valence-corrected chi connectivity index (χ2v) is 3.34. The maximum absolute atomic E-state index is 10.5. The number of nitrogens with zero attached hydrogens (tertiary/aromatic N) is 1. The van der Waals surface area contributed by atoms with E-state index in [2.05, 4.69) is 12.6 Å². The van der Waals surface area contributed by atoms with Crippen molar-refractivity contribution in [1.82, 2.24) is 4.90 Å². The van der Waals surface area contributed by atoms with Crippen LogP contribution in [-0.2, 0) is 11.3 Å². The second-order valence-electron chi connectivity index (χ2n) is 2.62. The fraction of sp³-hybridized carbons (Fsp3) is 0.222. The first-order chi connectivity index (χ1) is 6.26. The van der Waals surface area contributed by atoms with Crippen LogP contribution >= 0.6 is 24.2 Å². The number of benzene rings is 1. The molecule has 0 heterocycles. The molecule has 13 heavy (non-hydrogen) atoms. The number of hydrogen-bond acceptors (Lipinski definition) is 2. The highest BCUT2D eigenvalue weighted by atomic mass is 35.5. The molecule has 0 aromatic heterocycles. The minimum absolute atomic E-state index is 0.423. The van der Waals surface area contributed by atoms with Crippen LogP contribution < -0.4 is 0 Å². The van der Waals surface area contributed by atoms with Gasteiger partial charge in [0.05, 0.1) is 5.88 Å². The molecule has 0 bridgehead atoms. The van der Waals surface area contributed by atoms with Gasteiger partial charge in [0.2, 0.25) is 6.41 Å². The highest BCUT2D eigenvalue weighted by Crippen LogP contribution is 2.10. The molecule has 0 aliphatic heterocycles. The molecule has 0 unspecified atom stereocenters. The number of halogens is 1. The van der Waals surface area contributed by atoms with E-state index in [4.69, 9.17) is 11.6 Å². The zero-order valence-corrected chi connectivity index (χ0v) is 8.63. The predicted molar refractivity (Wildman–Crippen MR) is 56.9 cm³/mol. The Morgan fingerprint density at radius 2 is 2.00 bits per heavy atom. The summed E-state index contributed by atoms with van der Waals surface area (Å²) in [6.07, 6.45) is 0.779. The highest BCUT2D eigenvalue weighted by molar-refractivity contribution is 7.80. The van der Waals surface area contributed by atoms with Gasteiger partial charge < -0.3 is 4.90 Å². The van der Waals surface area contributed by atoms with E-state index < -0.39 is 0 Å². The first-order valence-corrected chi connectivity index (χ1v) is 4.82. The molecule has 2 nitrogen and oxygen atoms in total. The lowest BCUT2D eigenvalue weighted by Gasteiger charge is -2.13. The minimum atomic E-state index is 0.423. The van der Waals surface area contributed by atoms with Crippen LogP contribution in [0.3, 0.4) is 0 Å². The van der Waals surface area contributed by atoms with Crippen LogP contribution in [0, 0.1) is 0 Å². The van der Waals surface area contributed by atoms with Crippen LogP contribution in [0.1, 0.15) is 5.56 Å². The predicted octanol–water partition coefficient (Wildman–Crippen LogP) is 2.19. The van der Waals surface area contributed by atoms with Gasteiger partial charge in [0.15, 0.2) is 0 Å². The Bertz CT molecular complexity index is 275. The van der Waals surface area contributed by atoms with Crippen LogP contribution in [0.15, 0.2) is 24.3 Å². The van der Waals surface area contributed by atoms with Gasteiger partial charge in [-0.3, -0.25) is 4.79 Å². The molecule has 0 fully saturated rings. The Hall–Kier alpha value is -0.670. The first kappa shape index (κ1) is 10.4. The molecular formula is C9H10ClNOS. The molecule has 1 aromatic carbocycles. The molecule has 0 radical (unpaired) electrons. The molecule has 1 amide bonds. The Kier molecular flexibility index (Phi) is 4.12. The number of rotatable bonds is 4. The molecule has 4 heteroatoms. The van der Waals surface area contributed by atoms with E-state index in [1.54, 1.807) is 17.0 Å². The van der Waals surface area contributed by atoms with Gasteiger partial charge >= 0.3 is 0 Å². The maximum Gasteiger partial charge on any atom is 0.210 e. The molecule has 0 atom stereocenters. The molecule has 0 spiro atoms. The van der Waals surface area contributed by atoms with Crippen molar-refractivity contribution in [2.45, 2.75) is 6.54 Å². The Morgan fingerprint density at radius 3 is 2.46 bits per heavy atom. The van der Waals surface area contributed by atoms with Crippen molar-refractivity contribution >= 4 is 30.6 Å².